The molecule has 3 rings (SSSR count). The monoisotopic (exact) mass is 405 g/mol. The first-order valence-electron chi connectivity index (χ1n) is 9.84. The fourth-order valence-corrected chi connectivity index (χ4v) is 3.74. The van der Waals surface area contributed by atoms with E-state index in [2.05, 4.69) is 4.98 Å². The van der Waals surface area contributed by atoms with Gasteiger partial charge in [0.2, 0.25) is 5.91 Å². The summed E-state index contributed by atoms with van der Waals surface area (Å²) in [6, 6.07) is 3.09. The highest BCUT2D eigenvalue weighted by Gasteiger charge is 2.26. The Bertz CT molecular complexity index is 858. The molecule has 28 heavy (non-hydrogen) atoms. The predicted molar refractivity (Wildman–Crippen MR) is 109 cm³/mol. The molecule has 0 radical (unpaired) electrons. The van der Waals surface area contributed by atoms with Gasteiger partial charge in [-0.2, -0.15) is 0 Å². The van der Waals surface area contributed by atoms with Crippen molar-refractivity contribution < 1.29 is 9.59 Å². The average molecular weight is 406 g/mol. The Morgan fingerprint density at radius 1 is 1.21 bits per heavy atom. The van der Waals surface area contributed by atoms with Crippen LogP contribution in [0.3, 0.4) is 0 Å². The Morgan fingerprint density at radius 2 is 1.86 bits per heavy atom. The summed E-state index contributed by atoms with van der Waals surface area (Å²) in [5.41, 5.74) is 7.26. The summed E-state index contributed by atoms with van der Waals surface area (Å²) in [6.07, 6.45) is 7.31. The van der Waals surface area contributed by atoms with Crippen LogP contribution in [0.5, 0.6) is 0 Å². The van der Waals surface area contributed by atoms with Crippen molar-refractivity contribution in [2.75, 3.05) is 20.1 Å². The minimum atomic E-state index is -0.464. The van der Waals surface area contributed by atoms with E-state index in [-0.39, 0.29) is 5.91 Å². The zero-order chi connectivity index (χ0) is 20.3. The zero-order valence-electron chi connectivity index (χ0n) is 16.5. The molecule has 2 aromatic rings. The van der Waals surface area contributed by atoms with Gasteiger partial charge in [-0.3, -0.25) is 14.5 Å². The van der Waals surface area contributed by atoms with E-state index in [0.29, 0.717) is 22.9 Å². The quantitative estimate of drug-likeness (QED) is 0.828. The number of imidazole rings is 1. The lowest BCUT2D eigenvalue weighted by atomic mass is 10.1. The summed E-state index contributed by atoms with van der Waals surface area (Å²) in [4.78, 5) is 33.3. The Balaban J connectivity index is 1.98. The maximum Gasteiger partial charge on any atom is 0.274 e. The van der Waals surface area contributed by atoms with Crippen LogP contribution in [-0.2, 0) is 11.3 Å². The molecule has 1 fully saturated rings. The van der Waals surface area contributed by atoms with Gasteiger partial charge in [0.05, 0.1) is 16.8 Å². The lowest BCUT2D eigenvalue weighted by Gasteiger charge is -2.25. The number of carbonyl (C=O) groups is 2. The van der Waals surface area contributed by atoms with Crippen LogP contribution < -0.4 is 5.73 Å². The van der Waals surface area contributed by atoms with Gasteiger partial charge in [0.25, 0.3) is 5.91 Å². The molecule has 1 atom stereocenters. The Morgan fingerprint density at radius 3 is 2.50 bits per heavy atom. The normalized spacial score (nSPS) is 16.8. The second-order valence-electron chi connectivity index (χ2n) is 7.54. The minimum Gasteiger partial charge on any atom is -0.368 e. The molecule has 152 valence electrons. The zero-order valence-corrected chi connectivity index (χ0v) is 17.3. The summed E-state index contributed by atoms with van der Waals surface area (Å²) in [5, 5.41) is 0.557. The van der Waals surface area contributed by atoms with E-state index in [1.165, 1.54) is 6.42 Å². The molecule has 1 aliphatic rings. The molecular formula is C20H28ClN5O2. The van der Waals surface area contributed by atoms with Crippen LogP contribution in [0.25, 0.3) is 5.65 Å². The number of hydrogen-bond donors (Lipinski definition) is 1. The highest BCUT2D eigenvalue weighted by molar-refractivity contribution is 6.30. The summed E-state index contributed by atoms with van der Waals surface area (Å²) < 4.78 is 1.84. The van der Waals surface area contributed by atoms with Gasteiger partial charge in [0.1, 0.15) is 5.65 Å². The van der Waals surface area contributed by atoms with Crippen LogP contribution in [-0.4, -0.2) is 57.2 Å². The van der Waals surface area contributed by atoms with Crippen LogP contribution in [0.2, 0.25) is 5.02 Å². The van der Waals surface area contributed by atoms with E-state index in [9.17, 15) is 9.59 Å². The first-order valence-corrected chi connectivity index (χ1v) is 10.2. The highest BCUT2D eigenvalue weighted by Crippen LogP contribution is 2.21. The van der Waals surface area contributed by atoms with E-state index in [4.69, 9.17) is 17.3 Å². The van der Waals surface area contributed by atoms with Crippen molar-refractivity contribution in [1.82, 2.24) is 19.2 Å². The molecule has 0 saturated carbocycles. The fraction of sp³-hybridized carbons (Fsp3) is 0.550. The molecule has 2 amide bonds. The molecule has 0 bridgehead atoms. The molecule has 0 spiro atoms. The summed E-state index contributed by atoms with van der Waals surface area (Å²) >= 11 is 6.19. The summed E-state index contributed by atoms with van der Waals surface area (Å²) in [6.45, 7) is 3.61. The molecule has 1 saturated heterocycles. The molecule has 8 heteroatoms. The van der Waals surface area contributed by atoms with Crippen molar-refractivity contribution in [3.05, 3.63) is 34.7 Å². The second kappa shape index (κ2) is 8.92. The number of likely N-dealkylation sites (tertiary alicyclic amines) is 1. The van der Waals surface area contributed by atoms with Gasteiger partial charge in [0, 0.05) is 25.8 Å². The predicted octanol–water partition coefficient (Wildman–Crippen LogP) is 2.70. The Labute approximate surface area is 170 Å². The van der Waals surface area contributed by atoms with Crippen LogP contribution in [0.15, 0.2) is 18.3 Å². The summed E-state index contributed by atoms with van der Waals surface area (Å²) in [7, 11) is 1.81. The van der Waals surface area contributed by atoms with Gasteiger partial charge in [-0.1, -0.05) is 30.9 Å². The van der Waals surface area contributed by atoms with Crippen LogP contribution in [0.4, 0.5) is 0 Å². The fourth-order valence-electron chi connectivity index (χ4n) is 3.58. The largest absolute Gasteiger partial charge is 0.368 e. The van der Waals surface area contributed by atoms with Crippen molar-refractivity contribution in [2.45, 2.75) is 51.6 Å². The number of primary amides is 1. The number of nitrogens with two attached hydrogens (primary N) is 1. The minimum absolute atomic E-state index is 0.0585. The molecular weight excluding hydrogens is 378 g/mol. The molecule has 7 nitrogen and oxygen atoms in total. The number of amides is 2. The van der Waals surface area contributed by atoms with Gasteiger partial charge >= 0.3 is 0 Å². The van der Waals surface area contributed by atoms with Gasteiger partial charge in [-0.05, 0) is 38.9 Å². The smallest absolute Gasteiger partial charge is 0.274 e. The second-order valence-corrected chi connectivity index (χ2v) is 7.97. The van der Waals surface area contributed by atoms with Gasteiger partial charge in [-0.15, -0.1) is 0 Å². The SMILES string of the molecule is C[C@H](C(N)=O)N(C)Cc1c(C(=O)N2CCCCCCC2)nc2ccc(Cl)cn12. The molecule has 2 aromatic heterocycles. The Kier molecular flexibility index (Phi) is 6.57. The number of aromatic nitrogens is 2. The molecule has 0 aromatic carbocycles. The van der Waals surface area contributed by atoms with Crippen molar-refractivity contribution in [2.24, 2.45) is 5.73 Å². The third-order valence-electron chi connectivity index (χ3n) is 5.50. The van der Waals surface area contributed by atoms with E-state index in [1.807, 2.05) is 21.2 Å². The van der Waals surface area contributed by atoms with Crippen LogP contribution in [0, 0.1) is 0 Å². The van der Waals surface area contributed by atoms with Gasteiger partial charge < -0.3 is 15.0 Å². The maximum absolute atomic E-state index is 13.3. The number of likely N-dealkylation sites (N-methyl/N-ethyl adjacent to an activating group) is 1. The van der Waals surface area contributed by atoms with E-state index < -0.39 is 11.9 Å². The number of carbonyl (C=O) groups excluding carboxylic acids is 2. The number of pyridine rings is 1. The molecule has 1 aliphatic heterocycles. The van der Waals surface area contributed by atoms with E-state index in [1.54, 1.807) is 25.3 Å². The first kappa shape index (κ1) is 20.6. The third-order valence-corrected chi connectivity index (χ3v) is 5.72. The number of fused-ring (bicyclic) bond motifs is 1. The van der Waals surface area contributed by atoms with E-state index in [0.717, 1.165) is 44.5 Å². The van der Waals surface area contributed by atoms with Crippen LogP contribution >= 0.6 is 11.6 Å². The van der Waals surface area contributed by atoms with E-state index >= 15 is 0 Å². The molecule has 3 heterocycles. The average Bonchev–Trinajstić information content (AvgIpc) is 2.98. The topological polar surface area (TPSA) is 83.9 Å². The standard InChI is InChI=1S/C20H28ClN5O2/c1-14(19(22)27)24(2)13-16-18(23-17-9-8-15(21)12-26(16)17)20(28)25-10-6-4-3-5-7-11-25/h8-9,12,14H,3-7,10-11,13H2,1-2H3,(H2,22,27)/t14-/m1/s1. The number of halogens is 1. The number of nitrogens with zero attached hydrogens (tertiary/aromatic N) is 4. The lowest BCUT2D eigenvalue weighted by Crippen LogP contribution is -2.40. The third kappa shape index (κ3) is 4.47. The van der Waals surface area contributed by atoms with Gasteiger partial charge in [-0.25, -0.2) is 4.98 Å². The van der Waals surface area contributed by atoms with Gasteiger partial charge in [0.15, 0.2) is 5.69 Å². The first-order chi connectivity index (χ1) is 13.4. The molecule has 0 unspecified atom stereocenters. The molecule has 2 N–H and O–H groups in total. The maximum atomic E-state index is 13.3. The Hall–Kier alpha value is -2.12. The molecule has 0 aliphatic carbocycles. The lowest BCUT2D eigenvalue weighted by molar-refractivity contribution is -0.122. The van der Waals surface area contributed by atoms with Crippen LogP contribution in [0.1, 0.15) is 55.2 Å². The number of hydrogen-bond acceptors (Lipinski definition) is 4. The number of rotatable bonds is 5. The van der Waals surface area contributed by atoms with Crippen molar-refractivity contribution >= 4 is 29.1 Å². The van der Waals surface area contributed by atoms with Crippen molar-refractivity contribution in [3.63, 3.8) is 0 Å². The van der Waals surface area contributed by atoms with Crippen molar-refractivity contribution in [3.8, 4) is 0 Å². The highest BCUT2D eigenvalue weighted by atomic mass is 35.5. The van der Waals surface area contributed by atoms with Crippen molar-refractivity contribution in [1.29, 1.82) is 0 Å². The summed E-state index contributed by atoms with van der Waals surface area (Å²) in [5.74, 6) is -0.470.